The summed E-state index contributed by atoms with van der Waals surface area (Å²) < 4.78 is 1.38. The van der Waals surface area contributed by atoms with E-state index in [0.717, 1.165) is 5.88 Å². The number of thiophene rings is 1. The maximum absolute atomic E-state index is 2.30. The van der Waals surface area contributed by atoms with E-state index in [0.29, 0.717) is 0 Å². The zero-order chi connectivity index (χ0) is 7.97. The fourth-order valence-electron chi connectivity index (χ4n) is 1.43. The van der Waals surface area contributed by atoms with Gasteiger partial charge < -0.3 is 4.90 Å². The van der Waals surface area contributed by atoms with Gasteiger partial charge in [-0.15, -0.1) is 23.1 Å². The quantitative estimate of drug-likeness (QED) is 0.607. The number of hydrogen-bond acceptors (Lipinski definition) is 3. The van der Waals surface area contributed by atoms with Crippen LogP contribution in [0.1, 0.15) is 0 Å². The summed E-state index contributed by atoms with van der Waals surface area (Å²) in [5, 5.41) is 5.73. The molecule has 0 atom stereocenters. The summed E-state index contributed by atoms with van der Waals surface area (Å²) in [5.74, 6) is 1.07. The van der Waals surface area contributed by atoms with Crippen LogP contribution in [0.4, 0.5) is 0 Å². The van der Waals surface area contributed by atoms with Crippen LogP contribution >= 0.6 is 23.1 Å². The van der Waals surface area contributed by atoms with Crippen molar-refractivity contribution in [1.82, 2.24) is 4.90 Å². The normalized spacial score (nSPS) is 19.0. The molecular weight excluding hydrogens is 186 g/mol. The first kappa shape index (κ1) is 6.80. The molecule has 1 aromatic heterocycles. The maximum Gasteiger partial charge on any atom is 0.0724 e. The van der Waals surface area contributed by atoms with Gasteiger partial charge in [0, 0.05) is 11.9 Å². The Hall–Kier alpha value is -0.670. The summed E-state index contributed by atoms with van der Waals surface area (Å²) in [4.78, 5) is 2.30. The van der Waals surface area contributed by atoms with Crippen LogP contribution in [0.25, 0.3) is 12.3 Å². The van der Waals surface area contributed by atoms with Crippen molar-refractivity contribution < 1.29 is 0 Å². The lowest BCUT2D eigenvalue weighted by atomic mass is 10.3. The van der Waals surface area contributed by atoms with E-state index in [9.17, 15) is 0 Å². The van der Waals surface area contributed by atoms with E-state index in [2.05, 4.69) is 34.0 Å². The van der Waals surface area contributed by atoms with Crippen LogP contribution in [0, 0.1) is 0 Å². The van der Waals surface area contributed by atoms with E-state index in [1.54, 1.807) is 0 Å². The van der Waals surface area contributed by atoms with Gasteiger partial charge in [-0.1, -0.05) is 0 Å². The summed E-state index contributed by atoms with van der Waals surface area (Å²) in [5.41, 5.74) is 1.34. The third-order valence-corrected chi connectivity index (χ3v) is 3.76. The lowest BCUT2D eigenvalue weighted by molar-refractivity contribution is 0.634. The second kappa shape index (κ2) is 2.41. The molecule has 0 fully saturated rings. The van der Waals surface area contributed by atoms with Crippen molar-refractivity contribution >= 4 is 35.4 Å². The first-order valence-electron chi connectivity index (χ1n) is 3.79. The summed E-state index contributed by atoms with van der Waals surface area (Å²) in [6.07, 6.45) is 4.50. The molecule has 60 valence electrons. The average molecular weight is 193 g/mol. The molecule has 0 saturated carbocycles. The van der Waals surface area contributed by atoms with Crippen molar-refractivity contribution in [3.63, 3.8) is 0 Å². The van der Waals surface area contributed by atoms with Crippen LogP contribution in [-0.4, -0.2) is 10.8 Å². The molecule has 0 aliphatic carbocycles. The van der Waals surface area contributed by atoms with Crippen molar-refractivity contribution in [2.24, 2.45) is 0 Å². The lowest BCUT2D eigenvalue weighted by Gasteiger charge is -2.15. The zero-order valence-electron chi connectivity index (χ0n) is 6.36. The highest BCUT2D eigenvalue weighted by atomic mass is 32.2. The fraction of sp³-hybridized carbons (Fsp3) is 0.111. The Kier molecular flexibility index (Phi) is 1.36. The van der Waals surface area contributed by atoms with E-state index >= 15 is 0 Å². The molecule has 0 amide bonds. The third kappa shape index (κ3) is 0.867. The molecular formula is C9H7NS2. The van der Waals surface area contributed by atoms with Crippen LogP contribution in [-0.2, 0) is 0 Å². The Balaban J connectivity index is 2.35. The minimum absolute atomic E-state index is 1.07. The Bertz CT molecular complexity index is 455. The number of thioether (sulfide) groups is 1. The highest BCUT2D eigenvalue weighted by molar-refractivity contribution is 8.02. The van der Waals surface area contributed by atoms with Gasteiger partial charge in [0.25, 0.3) is 0 Å². The molecule has 3 heteroatoms. The smallest absolute Gasteiger partial charge is 0.0724 e. The van der Waals surface area contributed by atoms with Gasteiger partial charge in [0.2, 0.25) is 0 Å². The number of fused-ring (bicyclic) bond motifs is 2. The van der Waals surface area contributed by atoms with Crippen LogP contribution in [0.2, 0.25) is 0 Å². The molecule has 0 N–H and O–H groups in total. The molecule has 0 unspecified atom stereocenters. The summed E-state index contributed by atoms with van der Waals surface area (Å²) in [6, 6.07) is 2.18. The van der Waals surface area contributed by atoms with Crippen molar-refractivity contribution in [2.75, 3.05) is 5.88 Å². The van der Waals surface area contributed by atoms with Gasteiger partial charge in [-0.2, -0.15) is 0 Å². The molecule has 3 heterocycles. The average Bonchev–Trinajstić information content (AvgIpc) is 2.64. The van der Waals surface area contributed by atoms with E-state index < -0.39 is 0 Å². The molecule has 2 aliphatic rings. The Morgan fingerprint density at radius 1 is 1.42 bits per heavy atom. The maximum atomic E-state index is 2.30. The molecule has 12 heavy (non-hydrogen) atoms. The van der Waals surface area contributed by atoms with Crippen molar-refractivity contribution in [2.45, 2.75) is 0 Å². The van der Waals surface area contributed by atoms with Gasteiger partial charge in [0.05, 0.1) is 10.4 Å². The second-order valence-electron chi connectivity index (χ2n) is 2.82. The molecule has 0 aromatic carbocycles. The molecule has 1 nitrogen and oxygen atoms in total. The molecule has 3 rings (SSSR count). The van der Waals surface area contributed by atoms with Crippen molar-refractivity contribution in [3.05, 3.63) is 32.3 Å². The number of nitrogens with zero attached hydrogens (tertiary/aromatic N) is 1. The lowest BCUT2D eigenvalue weighted by Crippen LogP contribution is -2.28. The second-order valence-corrected chi connectivity index (χ2v) is 4.60. The van der Waals surface area contributed by atoms with Crippen LogP contribution in [0.3, 0.4) is 0 Å². The predicted molar refractivity (Wildman–Crippen MR) is 54.9 cm³/mol. The van der Waals surface area contributed by atoms with E-state index in [1.807, 2.05) is 23.1 Å². The molecule has 0 spiro atoms. The topological polar surface area (TPSA) is 3.24 Å². The van der Waals surface area contributed by atoms with E-state index in [-0.39, 0.29) is 0 Å². The van der Waals surface area contributed by atoms with Crippen LogP contribution in [0.15, 0.2) is 22.6 Å². The first-order valence-corrected chi connectivity index (χ1v) is 5.72. The Morgan fingerprint density at radius 3 is 3.42 bits per heavy atom. The van der Waals surface area contributed by atoms with Gasteiger partial charge in [0.1, 0.15) is 0 Å². The highest BCUT2D eigenvalue weighted by Crippen LogP contribution is 2.25. The zero-order valence-corrected chi connectivity index (χ0v) is 7.99. The third-order valence-electron chi connectivity index (χ3n) is 2.05. The summed E-state index contributed by atoms with van der Waals surface area (Å²) in [7, 11) is 0. The highest BCUT2D eigenvalue weighted by Gasteiger charge is 2.13. The fourth-order valence-corrected chi connectivity index (χ4v) is 3.08. The number of allylic oxidation sites excluding steroid dienone is 1. The Labute approximate surface area is 78.7 Å². The first-order chi connectivity index (χ1) is 5.93. The minimum Gasteiger partial charge on any atom is -0.336 e. The minimum atomic E-state index is 1.07. The summed E-state index contributed by atoms with van der Waals surface area (Å²) in [6.45, 7) is 0. The van der Waals surface area contributed by atoms with E-state index in [1.165, 1.54) is 15.4 Å². The van der Waals surface area contributed by atoms with Gasteiger partial charge in [0.15, 0.2) is 0 Å². The molecule has 0 radical (unpaired) electrons. The van der Waals surface area contributed by atoms with Crippen LogP contribution in [0.5, 0.6) is 0 Å². The standard InChI is InChI=1S/C9H7NS2/c1-2-12-9-4-10-6-11-5-8(10)3-7(1)9/h1-5H,6H2. The van der Waals surface area contributed by atoms with Crippen LogP contribution < -0.4 is 9.75 Å². The van der Waals surface area contributed by atoms with Gasteiger partial charge in [-0.3, -0.25) is 0 Å². The molecule has 1 aromatic rings. The molecule has 2 aliphatic heterocycles. The number of rotatable bonds is 0. The molecule has 0 bridgehead atoms. The molecule has 0 saturated heterocycles. The summed E-state index contributed by atoms with van der Waals surface area (Å²) >= 11 is 3.67. The predicted octanol–water partition coefficient (Wildman–Crippen LogP) is 1.13. The monoisotopic (exact) mass is 193 g/mol. The van der Waals surface area contributed by atoms with Gasteiger partial charge in [-0.25, -0.2) is 0 Å². The van der Waals surface area contributed by atoms with Crippen molar-refractivity contribution in [1.29, 1.82) is 0 Å². The SMILES string of the molecule is C1=C2C=c3ccsc3=CN2CS1. The largest absolute Gasteiger partial charge is 0.336 e. The van der Waals surface area contributed by atoms with E-state index in [4.69, 9.17) is 0 Å². The van der Waals surface area contributed by atoms with Crippen molar-refractivity contribution in [3.8, 4) is 0 Å². The van der Waals surface area contributed by atoms with Gasteiger partial charge in [-0.05, 0) is 28.1 Å². The van der Waals surface area contributed by atoms with Gasteiger partial charge >= 0.3 is 0 Å². The number of hydrogen-bond donors (Lipinski definition) is 0. The Morgan fingerprint density at radius 2 is 2.42 bits per heavy atom.